The minimum atomic E-state index is -4.66. The minimum absolute atomic E-state index is 0.0995. The molecule has 2 aromatic carbocycles. The molecule has 0 radical (unpaired) electrons. The Morgan fingerprint density at radius 1 is 0.880 bits per heavy atom. The Bertz CT molecular complexity index is 697. The molecule has 0 saturated heterocycles. The summed E-state index contributed by atoms with van der Waals surface area (Å²) in [5, 5.41) is 4.38. The molecule has 0 unspecified atom stereocenters. The summed E-state index contributed by atoms with van der Waals surface area (Å²) < 4.78 is 51.1. The van der Waals surface area contributed by atoms with Crippen LogP contribution in [0.2, 0.25) is 0 Å². The lowest BCUT2D eigenvalue weighted by Crippen LogP contribution is -2.10. The first kappa shape index (κ1) is 19.4. The van der Waals surface area contributed by atoms with Crippen LogP contribution in [0.5, 0.6) is 0 Å². The van der Waals surface area contributed by atoms with Crippen molar-refractivity contribution in [2.75, 3.05) is 6.54 Å². The minimum Gasteiger partial charge on any atom is -0.658 e. The average Bonchev–Trinajstić information content (AvgIpc) is 2.50. The Morgan fingerprint density at radius 2 is 1.48 bits per heavy atom. The molecule has 25 heavy (non-hydrogen) atoms. The molecule has 0 bridgehead atoms. The quantitative estimate of drug-likeness (QED) is 0.445. The van der Waals surface area contributed by atoms with Gasteiger partial charge in [0.15, 0.2) is 0 Å². The Labute approximate surface area is 146 Å². The topological polar surface area (TPSA) is 14.1 Å². The molecule has 0 amide bonds. The lowest BCUT2D eigenvalue weighted by Gasteiger charge is -2.22. The van der Waals surface area contributed by atoms with Gasteiger partial charge in [0.05, 0.1) is 5.56 Å². The van der Waals surface area contributed by atoms with Crippen molar-refractivity contribution in [2.45, 2.75) is 45.3 Å². The van der Waals surface area contributed by atoms with E-state index in [1.54, 1.807) is 0 Å². The Balaban J connectivity index is 1.84. The van der Waals surface area contributed by atoms with Gasteiger partial charge in [-0.3, -0.25) is 0 Å². The van der Waals surface area contributed by atoms with Crippen LogP contribution in [0.3, 0.4) is 0 Å². The molecule has 2 aromatic rings. The molecular weight excluding hydrogens is 330 g/mol. The molecule has 2 rings (SSSR count). The number of rotatable bonds is 5. The Hall–Kier alpha value is -1.88. The van der Waals surface area contributed by atoms with Gasteiger partial charge in [0.2, 0.25) is 0 Å². The van der Waals surface area contributed by atoms with Crippen molar-refractivity contribution in [3.63, 3.8) is 0 Å². The van der Waals surface area contributed by atoms with Gasteiger partial charge in [0.25, 0.3) is 0 Å². The van der Waals surface area contributed by atoms with Crippen molar-refractivity contribution < 1.29 is 17.6 Å². The molecule has 136 valence electrons. The zero-order chi connectivity index (χ0) is 18.7. The normalized spacial score (nSPS) is 12.4. The summed E-state index contributed by atoms with van der Waals surface area (Å²) >= 11 is 0. The summed E-state index contributed by atoms with van der Waals surface area (Å²) in [4.78, 5) is 0. The van der Waals surface area contributed by atoms with Crippen LogP contribution in [0.4, 0.5) is 17.6 Å². The van der Waals surface area contributed by atoms with Gasteiger partial charge in [-0.25, -0.2) is 4.39 Å². The zero-order valence-electron chi connectivity index (χ0n) is 14.6. The number of hydrogen-bond donors (Lipinski definition) is 0. The van der Waals surface area contributed by atoms with Crippen molar-refractivity contribution in [1.82, 2.24) is 0 Å². The molecule has 0 N–H and O–H groups in total. The number of hydrogen-bond acceptors (Lipinski definition) is 0. The predicted molar refractivity (Wildman–Crippen MR) is 92.2 cm³/mol. The van der Waals surface area contributed by atoms with Gasteiger partial charge >= 0.3 is 6.18 Å². The smallest absolute Gasteiger partial charge is 0.419 e. The summed E-state index contributed by atoms with van der Waals surface area (Å²) in [6.07, 6.45) is -4.25. The first-order valence-corrected chi connectivity index (χ1v) is 8.15. The molecule has 0 heterocycles. The van der Waals surface area contributed by atoms with E-state index < -0.39 is 17.6 Å². The van der Waals surface area contributed by atoms with Gasteiger partial charge in [-0.15, -0.1) is 13.1 Å². The maximum atomic E-state index is 13.5. The van der Waals surface area contributed by atoms with Crippen LogP contribution in [-0.4, -0.2) is 6.54 Å². The van der Waals surface area contributed by atoms with Gasteiger partial charge in [-0.1, -0.05) is 56.7 Å². The maximum absolute atomic E-state index is 13.5. The third-order valence-corrected chi connectivity index (χ3v) is 4.01. The van der Waals surface area contributed by atoms with E-state index >= 15 is 0 Å². The van der Waals surface area contributed by atoms with E-state index in [2.05, 4.69) is 38.2 Å². The fourth-order valence-electron chi connectivity index (χ4n) is 2.47. The summed E-state index contributed by atoms with van der Waals surface area (Å²) in [5.41, 5.74) is 1.70. The second kappa shape index (κ2) is 7.56. The SMILES string of the molecule is CC(C)(C)c1ccc(C[N-]CCc2ccc(C(F)(F)F)c(F)c2)cc1. The van der Waals surface area contributed by atoms with E-state index in [4.69, 9.17) is 0 Å². The summed E-state index contributed by atoms with van der Waals surface area (Å²) in [6, 6.07) is 11.3. The molecule has 1 nitrogen and oxygen atoms in total. The molecule has 0 aromatic heterocycles. The highest BCUT2D eigenvalue weighted by molar-refractivity contribution is 5.29. The van der Waals surface area contributed by atoms with E-state index in [1.807, 2.05) is 12.1 Å². The monoisotopic (exact) mass is 352 g/mol. The molecule has 0 aliphatic rings. The standard InChI is InChI=1S/C20H22F4N/c1-19(2,3)16-7-4-15(5-8-16)13-25-11-10-14-6-9-17(18(21)12-14)20(22,23)24/h4-9,12H,10-11,13H2,1-3H3/q-1. The second-order valence-electron chi connectivity index (χ2n) is 7.11. The highest BCUT2D eigenvalue weighted by Crippen LogP contribution is 2.31. The van der Waals surface area contributed by atoms with Crippen LogP contribution in [0.15, 0.2) is 42.5 Å². The van der Waals surface area contributed by atoms with Crippen LogP contribution >= 0.6 is 0 Å². The highest BCUT2D eigenvalue weighted by atomic mass is 19.4. The molecule has 0 aliphatic carbocycles. The number of halogens is 4. The fourth-order valence-corrected chi connectivity index (χ4v) is 2.47. The van der Waals surface area contributed by atoms with Crippen molar-refractivity contribution >= 4 is 0 Å². The third kappa shape index (κ3) is 5.56. The van der Waals surface area contributed by atoms with Gasteiger partial charge in [0, 0.05) is 0 Å². The van der Waals surface area contributed by atoms with Gasteiger partial charge < -0.3 is 5.32 Å². The number of alkyl halides is 3. The summed E-state index contributed by atoms with van der Waals surface area (Å²) in [5.74, 6) is -1.23. The maximum Gasteiger partial charge on any atom is 0.419 e. The highest BCUT2D eigenvalue weighted by Gasteiger charge is 2.33. The van der Waals surface area contributed by atoms with E-state index in [-0.39, 0.29) is 5.41 Å². The first-order chi connectivity index (χ1) is 11.6. The Kier molecular flexibility index (Phi) is 5.88. The van der Waals surface area contributed by atoms with E-state index in [0.29, 0.717) is 25.1 Å². The van der Waals surface area contributed by atoms with Gasteiger partial charge in [-0.05, 0) is 35.1 Å². The van der Waals surface area contributed by atoms with Crippen LogP contribution in [-0.2, 0) is 24.6 Å². The van der Waals surface area contributed by atoms with Crippen molar-refractivity contribution in [1.29, 1.82) is 0 Å². The molecule has 0 spiro atoms. The molecule has 0 saturated carbocycles. The summed E-state index contributed by atoms with van der Waals surface area (Å²) in [6.45, 7) is 7.42. The average molecular weight is 352 g/mol. The van der Waals surface area contributed by atoms with E-state index in [1.165, 1.54) is 11.6 Å². The zero-order valence-corrected chi connectivity index (χ0v) is 14.6. The molecule has 5 heteroatoms. The number of nitrogens with zero attached hydrogens (tertiary/aromatic N) is 1. The van der Waals surface area contributed by atoms with Crippen molar-refractivity contribution in [3.05, 3.63) is 75.9 Å². The molecule has 0 aliphatic heterocycles. The first-order valence-electron chi connectivity index (χ1n) is 8.15. The molecule has 0 fully saturated rings. The van der Waals surface area contributed by atoms with E-state index in [0.717, 1.165) is 17.7 Å². The second-order valence-corrected chi connectivity index (χ2v) is 7.11. The predicted octanol–water partition coefficient (Wildman–Crippen LogP) is 6.26. The Morgan fingerprint density at radius 3 is 2.00 bits per heavy atom. The largest absolute Gasteiger partial charge is 0.658 e. The van der Waals surface area contributed by atoms with Crippen molar-refractivity contribution in [2.24, 2.45) is 0 Å². The van der Waals surface area contributed by atoms with Crippen molar-refractivity contribution in [3.8, 4) is 0 Å². The fraction of sp³-hybridized carbons (Fsp3) is 0.400. The molecule has 0 atom stereocenters. The van der Waals surface area contributed by atoms with E-state index in [9.17, 15) is 17.6 Å². The van der Waals surface area contributed by atoms with Crippen LogP contribution in [0.1, 0.15) is 43.0 Å². The van der Waals surface area contributed by atoms with Gasteiger partial charge in [0.1, 0.15) is 5.82 Å². The lowest BCUT2D eigenvalue weighted by atomic mass is 9.87. The molecular formula is C20H22F4N-. The van der Waals surface area contributed by atoms with Gasteiger partial charge in [-0.2, -0.15) is 13.2 Å². The third-order valence-electron chi connectivity index (χ3n) is 4.01. The lowest BCUT2D eigenvalue weighted by molar-refractivity contribution is -0.140. The summed E-state index contributed by atoms with van der Waals surface area (Å²) in [7, 11) is 0. The van der Waals surface area contributed by atoms with Crippen LogP contribution in [0, 0.1) is 5.82 Å². The van der Waals surface area contributed by atoms with Crippen LogP contribution in [0.25, 0.3) is 5.32 Å². The van der Waals surface area contributed by atoms with Crippen LogP contribution < -0.4 is 0 Å². The number of benzene rings is 2.